The highest BCUT2D eigenvalue weighted by Gasteiger charge is 2.19. The minimum atomic E-state index is -1.20. The Balaban J connectivity index is 2.50. The lowest BCUT2D eigenvalue weighted by Crippen LogP contribution is -2.43. The monoisotopic (exact) mass is 242 g/mol. The molecule has 0 fully saturated rings. The van der Waals surface area contributed by atoms with E-state index in [-0.39, 0.29) is 13.0 Å². The van der Waals surface area contributed by atoms with Crippen LogP contribution < -0.4 is 10.6 Å². The molecule has 0 radical (unpaired) electrons. The smallest absolute Gasteiger partial charge is 0.326 e. The molecule has 0 saturated heterocycles. The summed E-state index contributed by atoms with van der Waals surface area (Å²) in [5.41, 5.74) is 0. The number of aliphatic carboxylic acids is 1. The molecule has 1 atom stereocenters. The molecule has 0 aliphatic heterocycles. The van der Waals surface area contributed by atoms with Crippen LogP contribution in [0.1, 0.15) is 6.42 Å². The molecule has 0 aliphatic carbocycles. The molecule has 0 saturated carbocycles. The molecule has 1 aromatic rings. The van der Waals surface area contributed by atoms with Crippen LogP contribution in [0.5, 0.6) is 0 Å². The van der Waals surface area contributed by atoms with E-state index in [0.717, 1.165) is 0 Å². The summed E-state index contributed by atoms with van der Waals surface area (Å²) in [7, 11) is 1.69. The summed E-state index contributed by atoms with van der Waals surface area (Å²) in [6, 6.07) is -0.227. The van der Waals surface area contributed by atoms with Crippen molar-refractivity contribution in [2.45, 2.75) is 12.5 Å². The Hall–Kier alpha value is -2.09. The van der Waals surface area contributed by atoms with Crippen LogP contribution in [0.2, 0.25) is 0 Å². The molecule has 1 unspecified atom stereocenters. The molecule has 0 aromatic carbocycles. The quantitative estimate of drug-likeness (QED) is 0.549. The number of carboxylic acids is 1. The molecule has 0 bridgehead atoms. The van der Waals surface area contributed by atoms with Gasteiger partial charge in [-0.3, -0.25) is 10.00 Å². The second-order valence-electron chi connectivity index (χ2n) is 3.38. The number of rotatable bonds is 5. The van der Waals surface area contributed by atoms with Crippen LogP contribution in [0, 0.1) is 0 Å². The number of carbonyl (C=O) groups excluding carboxylic acids is 1. The van der Waals surface area contributed by atoms with Crippen molar-refractivity contribution in [3.63, 3.8) is 0 Å². The molecule has 94 valence electrons. The van der Waals surface area contributed by atoms with Gasteiger partial charge >= 0.3 is 12.0 Å². The van der Waals surface area contributed by atoms with Crippen molar-refractivity contribution in [3.05, 3.63) is 12.3 Å². The van der Waals surface area contributed by atoms with Crippen molar-refractivity contribution in [3.8, 4) is 0 Å². The highest BCUT2D eigenvalue weighted by atomic mass is 16.4. The van der Waals surface area contributed by atoms with Gasteiger partial charge in [-0.15, -0.1) is 0 Å². The van der Waals surface area contributed by atoms with Gasteiger partial charge in [-0.2, -0.15) is 5.10 Å². The van der Waals surface area contributed by atoms with E-state index in [2.05, 4.69) is 15.7 Å². The lowest BCUT2D eigenvalue weighted by atomic mass is 10.2. The summed E-state index contributed by atoms with van der Waals surface area (Å²) in [4.78, 5) is 22.1. The van der Waals surface area contributed by atoms with E-state index in [0.29, 0.717) is 5.82 Å². The number of aromatic nitrogens is 2. The van der Waals surface area contributed by atoms with Crippen LogP contribution in [0.3, 0.4) is 0 Å². The SMILES string of the molecule is Cn1ccc(NC(=O)NC(CCO)C(=O)O)n1. The Morgan fingerprint density at radius 1 is 1.59 bits per heavy atom. The third-order valence-corrected chi connectivity index (χ3v) is 1.98. The Morgan fingerprint density at radius 2 is 2.29 bits per heavy atom. The van der Waals surface area contributed by atoms with Gasteiger partial charge in [0.15, 0.2) is 5.82 Å². The first-order valence-corrected chi connectivity index (χ1v) is 4.93. The number of carbonyl (C=O) groups is 2. The first-order valence-electron chi connectivity index (χ1n) is 4.93. The molecule has 1 aromatic heterocycles. The first kappa shape index (κ1) is 13.0. The van der Waals surface area contributed by atoms with E-state index in [4.69, 9.17) is 10.2 Å². The molecule has 4 N–H and O–H groups in total. The van der Waals surface area contributed by atoms with E-state index >= 15 is 0 Å². The minimum Gasteiger partial charge on any atom is -0.480 e. The van der Waals surface area contributed by atoms with Crippen LogP contribution in [0.15, 0.2) is 12.3 Å². The fourth-order valence-corrected chi connectivity index (χ4v) is 1.18. The maximum Gasteiger partial charge on any atom is 0.326 e. The van der Waals surface area contributed by atoms with Crippen molar-refractivity contribution in [2.24, 2.45) is 7.05 Å². The van der Waals surface area contributed by atoms with Gasteiger partial charge in [0.1, 0.15) is 6.04 Å². The Labute approximate surface area is 97.2 Å². The van der Waals surface area contributed by atoms with Crippen molar-refractivity contribution in [2.75, 3.05) is 11.9 Å². The molecular formula is C9H14N4O4. The van der Waals surface area contributed by atoms with Crippen LogP contribution in [-0.4, -0.2) is 44.6 Å². The second kappa shape index (κ2) is 5.85. The van der Waals surface area contributed by atoms with Crippen LogP contribution in [0.25, 0.3) is 0 Å². The molecule has 2 amide bonds. The zero-order valence-electron chi connectivity index (χ0n) is 9.25. The summed E-state index contributed by atoms with van der Waals surface area (Å²) in [6.07, 6.45) is 1.59. The van der Waals surface area contributed by atoms with Crippen LogP contribution >= 0.6 is 0 Å². The number of hydrogen-bond donors (Lipinski definition) is 4. The summed E-state index contributed by atoms with van der Waals surface area (Å²) < 4.78 is 1.50. The van der Waals surface area contributed by atoms with E-state index in [1.54, 1.807) is 19.3 Å². The number of aliphatic hydroxyl groups excluding tert-OH is 1. The lowest BCUT2D eigenvalue weighted by Gasteiger charge is -2.12. The zero-order valence-corrected chi connectivity index (χ0v) is 9.25. The van der Waals surface area contributed by atoms with Gasteiger partial charge < -0.3 is 15.5 Å². The van der Waals surface area contributed by atoms with Gasteiger partial charge in [-0.25, -0.2) is 9.59 Å². The van der Waals surface area contributed by atoms with Crippen molar-refractivity contribution in [1.82, 2.24) is 15.1 Å². The van der Waals surface area contributed by atoms with Crippen LogP contribution in [0.4, 0.5) is 10.6 Å². The zero-order chi connectivity index (χ0) is 12.8. The van der Waals surface area contributed by atoms with Gasteiger partial charge in [-0.05, 0) is 0 Å². The first-order chi connectivity index (χ1) is 8.02. The highest BCUT2D eigenvalue weighted by Crippen LogP contribution is 2.01. The third-order valence-electron chi connectivity index (χ3n) is 1.98. The van der Waals surface area contributed by atoms with E-state index < -0.39 is 18.0 Å². The number of amides is 2. The minimum absolute atomic E-state index is 0.0506. The van der Waals surface area contributed by atoms with Crippen molar-refractivity contribution >= 4 is 17.8 Å². The molecule has 8 heteroatoms. The molecule has 1 rings (SSSR count). The maximum absolute atomic E-state index is 11.4. The van der Waals surface area contributed by atoms with Gasteiger partial charge in [0.2, 0.25) is 0 Å². The van der Waals surface area contributed by atoms with E-state index in [9.17, 15) is 9.59 Å². The average molecular weight is 242 g/mol. The van der Waals surface area contributed by atoms with Gasteiger partial charge in [0, 0.05) is 32.3 Å². The summed E-state index contributed by atoms with van der Waals surface area (Å²) in [5.74, 6) is -0.881. The second-order valence-corrected chi connectivity index (χ2v) is 3.38. The van der Waals surface area contributed by atoms with E-state index in [1.165, 1.54) is 4.68 Å². The largest absolute Gasteiger partial charge is 0.480 e. The number of aryl methyl sites for hydroxylation is 1. The Morgan fingerprint density at radius 3 is 2.76 bits per heavy atom. The molecule has 0 aliphatic rings. The third kappa shape index (κ3) is 4.11. The number of nitrogens with zero attached hydrogens (tertiary/aromatic N) is 2. The normalized spacial score (nSPS) is 11.9. The molecule has 17 heavy (non-hydrogen) atoms. The lowest BCUT2D eigenvalue weighted by molar-refractivity contribution is -0.139. The van der Waals surface area contributed by atoms with Crippen molar-refractivity contribution < 1.29 is 19.8 Å². The fourth-order valence-electron chi connectivity index (χ4n) is 1.18. The van der Waals surface area contributed by atoms with Gasteiger partial charge in [0.05, 0.1) is 0 Å². The van der Waals surface area contributed by atoms with Crippen LogP contribution in [-0.2, 0) is 11.8 Å². The van der Waals surface area contributed by atoms with Gasteiger partial charge in [0.25, 0.3) is 0 Å². The Bertz CT molecular complexity index is 403. The van der Waals surface area contributed by atoms with Crippen molar-refractivity contribution in [1.29, 1.82) is 0 Å². The number of urea groups is 1. The average Bonchev–Trinajstić information content (AvgIpc) is 2.63. The fraction of sp³-hybridized carbons (Fsp3) is 0.444. The number of carboxylic acid groups (broad SMARTS) is 1. The molecule has 0 spiro atoms. The van der Waals surface area contributed by atoms with E-state index in [1.807, 2.05) is 0 Å². The maximum atomic E-state index is 11.4. The number of aliphatic hydroxyl groups is 1. The highest BCUT2D eigenvalue weighted by molar-refractivity contribution is 5.91. The Kier molecular flexibility index (Phi) is 4.46. The molecule has 1 heterocycles. The number of hydrogen-bond acceptors (Lipinski definition) is 4. The number of anilines is 1. The predicted molar refractivity (Wildman–Crippen MR) is 58.5 cm³/mol. The molecular weight excluding hydrogens is 228 g/mol. The number of nitrogens with one attached hydrogen (secondary N) is 2. The van der Waals surface area contributed by atoms with Gasteiger partial charge in [-0.1, -0.05) is 0 Å². The molecule has 8 nitrogen and oxygen atoms in total. The predicted octanol–water partition coefficient (Wildman–Crippen LogP) is -0.623. The summed E-state index contributed by atoms with van der Waals surface area (Å²) >= 11 is 0. The summed E-state index contributed by atoms with van der Waals surface area (Å²) in [6.45, 7) is -0.319. The summed E-state index contributed by atoms with van der Waals surface area (Å²) in [5, 5.41) is 25.9. The standard InChI is InChI=1S/C9H14N4O4/c1-13-4-2-7(12-13)11-9(17)10-6(3-5-14)8(15)16/h2,4,6,14H,3,5H2,1H3,(H,15,16)(H2,10,11,12,17). The topological polar surface area (TPSA) is 116 Å².